The molecule has 0 aliphatic rings. The molecule has 0 aromatic carbocycles. The fourth-order valence-corrected chi connectivity index (χ4v) is 5.98. The van der Waals surface area contributed by atoms with Gasteiger partial charge in [-0.05, 0) is 19.8 Å². The second-order valence-corrected chi connectivity index (χ2v) is 13.1. The minimum atomic E-state index is -0.957. The van der Waals surface area contributed by atoms with Gasteiger partial charge in [0.2, 0.25) is 5.91 Å². The third kappa shape index (κ3) is 29.4. The Morgan fingerprint density at radius 1 is 0.512 bits per heavy atom. The molecule has 2 atom stereocenters. The quantitative estimate of drug-likeness (QED) is 0.0562. The molecule has 43 heavy (non-hydrogen) atoms. The van der Waals surface area contributed by atoms with Crippen molar-refractivity contribution < 1.29 is 19.4 Å². The highest BCUT2D eigenvalue weighted by molar-refractivity contribution is 5.84. The summed E-state index contributed by atoms with van der Waals surface area (Å²) in [5, 5.41) is 13.5. The molecule has 0 aromatic rings. The Kier molecular flexibility index (Phi) is 32.9. The number of aliphatic hydroxyl groups is 1. The van der Waals surface area contributed by atoms with Crippen molar-refractivity contribution in [3.05, 3.63) is 0 Å². The number of carbonyl (C=O) groups excluding carboxylic acids is 2. The number of esters is 1. The molecule has 0 fully saturated rings. The molecule has 0 saturated carbocycles. The van der Waals surface area contributed by atoms with Gasteiger partial charge >= 0.3 is 5.97 Å². The van der Waals surface area contributed by atoms with Crippen molar-refractivity contribution in [3.8, 4) is 0 Å². The number of hydrogen-bond donors (Lipinski definition) is 2. The van der Waals surface area contributed by atoms with Gasteiger partial charge in [-0.3, -0.25) is 4.79 Å². The van der Waals surface area contributed by atoms with Crippen LogP contribution in [0.4, 0.5) is 0 Å². The van der Waals surface area contributed by atoms with Crippen LogP contribution < -0.4 is 5.32 Å². The molecular weight excluding hydrogens is 534 g/mol. The Hall–Kier alpha value is -1.10. The summed E-state index contributed by atoms with van der Waals surface area (Å²) in [5.41, 5.74) is 0. The maximum Gasteiger partial charge on any atom is 0.331 e. The van der Waals surface area contributed by atoms with Gasteiger partial charge in [0.15, 0.2) is 6.04 Å². The first-order chi connectivity index (χ1) is 21.1. The normalized spacial score (nSPS) is 12.7. The van der Waals surface area contributed by atoms with E-state index in [2.05, 4.69) is 19.2 Å². The number of unbranched alkanes of at least 4 members (excludes halogenated alkanes) is 26. The second-order valence-electron chi connectivity index (χ2n) is 13.1. The van der Waals surface area contributed by atoms with Crippen LogP contribution in [0.25, 0.3) is 0 Å². The van der Waals surface area contributed by atoms with Crippen molar-refractivity contribution in [2.24, 2.45) is 0 Å². The fourth-order valence-electron chi connectivity index (χ4n) is 5.98. The molecule has 256 valence electrons. The van der Waals surface area contributed by atoms with Gasteiger partial charge in [0, 0.05) is 6.42 Å². The number of amides is 1. The smallest absolute Gasteiger partial charge is 0.331 e. The van der Waals surface area contributed by atoms with E-state index in [0.717, 1.165) is 32.1 Å². The predicted octanol–water partition coefficient (Wildman–Crippen LogP) is 11.1. The highest BCUT2D eigenvalue weighted by Gasteiger charge is 2.29. The van der Waals surface area contributed by atoms with E-state index in [0.29, 0.717) is 12.8 Å². The summed E-state index contributed by atoms with van der Waals surface area (Å²) in [6.07, 6.45) is 35.9. The van der Waals surface area contributed by atoms with E-state index in [1.807, 2.05) is 0 Å². The molecule has 2 N–H and O–H groups in total. The van der Waals surface area contributed by atoms with E-state index in [1.165, 1.54) is 148 Å². The molecule has 1 amide bonds. The van der Waals surface area contributed by atoms with Gasteiger partial charge < -0.3 is 15.2 Å². The monoisotopic (exact) mass is 610 g/mol. The third-order valence-corrected chi connectivity index (χ3v) is 8.85. The molecule has 0 unspecified atom stereocenters. The Balaban J connectivity index is 3.87. The maximum atomic E-state index is 12.6. The number of carbonyl (C=O) groups is 2. The zero-order valence-corrected chi connectivity index (χ0v) is 29.2. The van der Waals surface area contributed by atoms with Crippen molar-refractivity contribution in [2.45, 2.75) is 226 Å². The van der Waals surface area contributed by atoms with E-state index >= 15 is 0 Å². The summed E-state index contributed by atoms with van der Waals surface area (Å²) in [4.78, 5) is 25.0. The number of rotatable bonds is 34. The van der Waals surface area contributed by atoms with Crippen LogP contribution >= 0.6 is 0 Å². The van der Waals surface area contributed by atoms with Crippen molar-refractivity contribution in [1.29, 1.82) is 0 Å². The first-order valence-electron chi connectivity index (χ1n) is 19.2. The molecule has 0 aliphatic carbocycles. The first-order valence-corrected chi connectivity index (χ1v) is 19.2. The molecule has 0 heterocycles. The molecule has 0 aromatic heterocycles. The van der Waals surface area contributed by atoms with Crippen LogP contribution in [0.5, 0.6) is 0 Å². The molecule has 0 radical (unpaired) electrons. The van der Waals surface area contributed by atoms with Crippen LogP contribution in [0.3, 0.4) is 0 Å². The number of hydrogen-bond acceptors (Lipinski definition) is 4. The maximum absolute atomic E-state index is 12.6. The highest BCUT2D eigenvalue weighted by atomic mass is 16.5. The van der Waals surface area contributed by atoms with Crippen molar-refractivity contribution in [1.82, 2.24) is 5.32 Å². The topological polar surface area (TPSA) is 75.6 Å². The summed E-state index contributed by atoms with van der Waals surface area (Å²) in [6.45, 7) is 6.54. The van der Waals surface area contributed by atoms with E-state index < -0.39 is 18.1 Å². The molecule has 0 bridgehead atoms. The molecule has 0 spiro atoms. The SMILES string of the molecule is CCCCCCCCCCCCCCCCCC(=O)N[C@@H](C(=O)OCC)[C@H](O)CCCCCCCCCCCCCCC. The van der Waals surface area contributed by atoms with Gasteiger partial charge in [-0.2, -0.15) is 0 Å². The molecule has 0 saturated heterocycles. The minimum Gasteiger partial charge on any atom is -0.464 e. The lowest BCUT2D eigenvalue weighted by atomic mass is 10.0. The molecule has 5 nitrogen and oxygen atoms in total. The fraction of sp³-hybridized carbons (Fsp3) is 0.947. The van der Waals surface area contributed by atoms with E-state index in [-0.39, 0.29) is 12.5 Å². The van der Waals surface area contributed by atoms with Crippen LogP contribution in [0, 0.1) is 0 Å². The molecule has 0 rings (SSSR count). The van der Waals surface area contributed by atoms with Crippen LogP contribution in [0.1, 0.15) is 213 Å². The number of ether oxygens (including phenoxy) is 1. The molecular formula is C38H75NO4. The summed E-state index contributed by atoms with van der Waals surface area (Å²) in [6, 6.07) is -0.957. The average Bonchev–Trinajstić information content (AvgIpc) is 3.00. The lowest BCUT2D eigenvalue weighted by Crippen LogP contribution is -2.49. The predicted molar refractivity (Wildman–Crippen MR) is 184 cm³/mol. The minimum absolute atomic E-state index is 0.155. The van der Waals surface area contributed by atoms with Crippen molar-refractivity contribution >= 4 is 11.9 Å². The van der Waals surface area contributed by atoms with Crippen LogP contribution in [0.2, 0.25) is 0 Å². The van der Waals surface area contributed by atoms with Gasteiger partial charge in [0.05, 0.1) is 12.7 Å². The number of nitrogens with one attached hydrogen (secondary N) is 1. The van der Waals surface area contributed by atoms with Crippen LogP contribution in [0.15, 0.2) is 0 Å². The standard InChI is InChI=1S/C38H75NO4/c1-4-7-9-11-13-15-17-19-20-22-24-26-28-30-32-34-36(41)39-37(38(42)43-6-3)35(40)33-31-29-27-25-23-21-18-16-14-12-10-8-5-2/h35,37,40H,4-34H2,1-3H3,(H,39,41)/t35-,37-/m1/s1. The van der Waals surface area contributed by atoms with Gasteiger partial charge in [0.25, 0.3) is 0 Å². The zero-order valence-electron chi connectivity index (χ0n) is 29.2. The van der Waals surface area contributed by atoms with Crippen LogP contribution in [-0.2, 0) is 14.3 Å². The van der Waals surface area contributed by atoms with Gasteiger partial charge in [-0.15, -0.1) is 0 Å². The summed E-state index contributed by atoms with van der Waals surface area (Å²) < 4.78 is 5.16. The van der Waals surface area contributed by atoms with Gasteiger partial charge in [0.1, 0.15) is 0 Å². The van der Waals surface area contributed by atoms with Crippen LogP contribution in [-0.4, -0.2) is 35.7 Å². The zero-order chi connectivity index (χ0) is 31.6. The van der Waals surface area contributed by atoms with Gasteiger partial charge in [-0.25, -0.2) is 4.79 Å². The first kappa shape index (κ1) is 41.9. The molecule has 0 aliphatic heterocycles. The van der Waals surface area contributed by atoms with Gasteiger partial charge in [-0.1, -0.05) is 187 Å². The second kappa shape index (κ2) is 33.8. The summed E-state index contributed by atoms with van der Waals surface area (Å²) in [5.74, 6) is -0.674. The summed E-state index contributed by atoms with van der Waals surface area (Å²) >= 11 is 0. The lowest BCUT2D eigenvalue weighted by Gasteiger charge is -2.22. The Labute approximate surface area is 268 Å². The van der Waals surface area contributed by atoms with Crippen molar-refractivity contribution in [3.63, 3.8) is 0 Å². The van der Waals surface area contributed by atoms with E-state index in [4.69, 9.17) is 4.74 Å². The highest BCUT2D eigenvalue weighted by Crippen LogP contribution is 2.16. The third-order valence-electron chi connectivity index (χ3n) is 8.85. The largest absolute Gasteiger partial charge is 0.464 e. The molecule has 5 heteroatoms. The average molecular weight is 610 g/mol. The number of aliphatic hydroxyl groups excluding tert-OH is 1. The Morgan fingerprint density at radius 2 is 0.837 bits per heavy atom. The lowest BCUT2D eigenvalue weighted by molar-refractivity contribution is -0.151. The summed E-state index contributed by atoms with van der Waals surface area (Å²) in [7, 11) is 0. The van der Waals surface area contributed by atoms with Crippen molar-refractivity contribution in [2.75, 3.05) is 6.61 Å². The van der Waals surface area contributed by atoms with E-state index in [9.17, 15) is 14.7 Å². The Morgan fingerprint density at radius 3 is 1.19 bits per heavy atom. The van der Waals surface area contributed by atoms with E-state index in [1.54, 1.807) is 6.92 Å². The Bertz CT molecular complexity index is 596.